The van der Waals surface area contributed by atoms with Gasteiger partial charge in [-0.2, -0.15) is 0 Å². The first kappa shape index (κ1) is 14.8. The summed E-state index contributed by atoms with van der Waals surface area (Å²) in [6.45, 7) is 3.86. The molecule has 0 spiro atoms. The third-order valence-corrected chi connectivity index (χ3v) is 6.69. The molecule has 3 aliphatic heterocycles. The molecule has 0 radical (unpaired) electrons. The number of benzene rings is 2. The van der Waals surface area contributed by atoms with Gasteiger partial charge >= 0.3 is 0 Å². The minimum Gasteiger partial charge on any atom is -0.372 e. The Labute approximate surface area is 147 Å². The summed E-state index contributed by atoms with van der Waals surface area (Å²) in [4.78, 5) is 5.27. The number of piperidine rings is 1. The Morgan fingerprint density at radius 2 is 1.79 bits per heavy atom. The number of likely N-dealkylation sites (tertiary alicyclic amines) is 1. The van der Waals surface area contributed by atoms with E-state index < -0.39 is 0 Å². The standard InChI is InChI=1S/C21H21NOS/c1-22-10-8-14(9-11-22)20-16-4-2-3-5-19(16)24-21-17(20)7-6-15-12-23-13-18(15)21/h2-7H,8-13H2,1H3. The highest BCUT2D eigenvalue weighted by Gasteiger charge is 2.29. The van der Waals surface area contributed by atoms with Crippen molar-refractivity contribution in [3.8, 4) is 0 Å². The van der Waals surface area contributed by atoms with E-state index in [1.165, 1.54) is 50.5 Å². The lowest BCUT2D eigenvalue weighted by molar-refractivity contribution is 0.133. The van der Waals surface area contributed by atoms with Gasteiger partial charge in [0.2, 0.25) is 0 Å². The van der Waals surface area contributed by atoms with E-state index in [0.717, 1.165) is 26.3 Å². The predicted molar refractivity (Wildman–Crippen MR) is 98.3 cm³/mol. The smallest absolute Gasteiger partial charge is 0.0736 e. The Morgan fingerprint density at radius 3 is 2.67 bits per heavy atom. The highest BCUT2D eigenvalue weighted by Crippen LogP contribution is 2.50. The fourth-order valence-electron chi connectivity index (χ4n) is 4.08. The molecule has 0 saturated carbocycles. The van der Waals surface area contributed by atoms with E-state index in [0.29, 0.717) is 0 Å². The molecule has 0 bridgehead atoms. The van der Waals surface area contributed by atoms with E-state index in [9.17, 15) is 0 Å². The topological polar surface area (TPSA) is 12.5 Å². The van der Waals surface area contributed by atoms with E-state index in [2.05, 4.69) is 48.3 Å². The molecule has 0 atom stereocenters. The molecule has 0 aromatic heterocycles. The van der Waals surface area contributed by atoms with Crippen LogP contribution in [0.2, 0.25) is 0 Å². The zero-order valence-electron chi connectivity index (χ0n) is 14.0. The fraction of sp³-hybridized carbons (Fsp3) is 0.333. The van der Waals surface area contributed by atoms with Crippen LogP contribution in [0, 0.1) is 0 Å². The average molecular weight is 335 g/mol. The normalized spacial score (nSPS) is 19.9. The van der Waals surface area contributed by atoms with Crippen molar-refractivity contribution in [2.24, 2.45) is 0 Å². The van der Waals surface area contributed by atoms with Crippen LogP contribution in [0.25, 0.3) is 5.57 Å². The first-order valence-corrected chi connectivity index (χ1v) is 9.53. The van der Waals surface area contributed by atoms with Gasteiger partial charge in [0.25, 0.3) is 0 Å². The van der Waals surface area contributed by atoms with Gasteiger partial charge in [-0.3, -0.25) is 0 Å². The number of hydrogen-bond acceptors (Lipinski definition) is 3. The predicted octanol–water partition coefficient (Wildman–Crippen LogP) is 4.71. The number of fused-ring (bicyclic) bond motifs is 4. The van der Waals surface area contributed by atoms with Crippen LogP contribution in [0.5, 0.6) is 0 Å². The van der Waals surface area contributed by atoms with Gasteiger partial charge in [0.05, 0.1) is 13.2 Å². The lowest BCUT2D eigenvalue weighted by atomic mass is 9.87. The maximum absolute atomic E-state index is 5.73. The summed E-state index contributed by atoms with van der Waals surface area (Å²) in [6, 6.07) is 13.5. The van der Waals surface area contributed by atoms with Crippen molar-refractivity contribution in [1.29, 1.82) is 0 Å². The van der Waals surface area contributed by atoms with Gasteiger partial charge < -0.3 is 9.64 Å². The van der Waals surface area contributed by atoms with Gasteiger partial charge in [-0.05, 0) is 53.8 Å². The maximum Gasteiger partial charge on any atom is 0.0736 e. The van der Waals surface area contributed by atoms with Crippen LogP contribution in [-0.4, -0.2) is 25.0 Å². The van der Waals surface area contributed by atoms with Crippen LogP contribution in [0.3, 0.4) is 0 Å². The highest BCUT2D eigenvalue weighted by atomic mass is 32.2. The summed E-state index contributed by atoms with van der Waals surface area (Å²) >= 11 is 1.93. The highest BCUT2D eigenvalue weighted by molar-refractivity contribution is 7.99. The minimum absolute atomic E-state index is 0.763. The SMILES string of the molecule is CN1CCC(=C2c3ccccc3Sc3c2ccc2c3COC2)CC1. The lowest BCUT2D eigenvalue weighted by Crippen LogP contribution is -2.27. The van der Waals surface area contributed by atoms with E-state index in [4.69, 9.17) is 4.74 Å². The second-order valence-corrected chi connectivity index (χ2v) is 8.00. The van der Waals surface area contributed by atoms with E-state index in [1.807, 2.05) is 11.8 Å². The molecule has 1 saturated heterocycles. The summed E-state index contributed by atoms with van der Waals surface area (Å²) in [7, 11) is 2.23. The molecule has 5 rings (SSSR count). The molecule has 3 aliphatic rings. The molecule has 0 amide bonds. The summed E-state index contributed by atoms with van der Waals surface area (Å²) in [6.07, 6.45) is 2.36. The van der Waals surface area contributed by atoms with Gasteiger partial charge in [0.1, 0.15) is 0 Å². The second-order valence-electron chi connectivity index (χ2n) is 6.95. The molecule has 0 N–H and O–H groups in total. The molecule has 2 nitrogen and oxygen atoms in total. The molecule has 3 heteroatoms. The molecule has 0 unspecified atom stereocenters. The molecule has 122 valence electrons. The zero-order valence-corrected chi connectivity index (χ0v) is 14.8. The van der Waals surface area contributed by atoms with Crippen molar-refractivity contribution in [2.75, 3.05) is 20.1 Å². The van der Waals surface area contributed by atoms with Gasteiger partial charge in [0.15, 0.2) is 0 Å². The number of nitrogens with zero attached hydrogens (tertiary/aromatic N) is 1. The lowest BCUT2D eigenvalue weighted by Gasteiger charge is -2.30. The molecule has 3 heterocycles. The Hall–Kier alpha value is -1.55. The van der Waals surface area contributed by atoms with E-state index >= 15 is 0 Å². The summed E-state index contributed by atoms with van der Waals surface area (Å²) in [5.74, 6) is 0. The number of ether oxygens (including phenoxy) is 1. The van der Waals surface area contributed by atoms with Crippen LogP contribution in [0.15, 0.2) is 51.8 Å². The monoisotopic (exact) mass is 335 g/mol. The van der Waals surface area contributed by atoms with Crippen molar-refractivity contribution < 1.29 is 4.74 Å². The van der Waals surface area contributed by atoms with Crippen molar-refractivity contribution in [3.05, 3.63) is 64.2 Å². The minimum atomic E-state index is 0.763. The summed E-state index contributed by atoms with van der Waals surface area (Å²) in [5, 5.41) is 0. The summed E-state index contributed by atoms with van der Waals surface area (Å²) < 4.78 is 5.73. The van der Waals surface area contributed by atoms with Gasteiger partial charge in [-0.1, -0.05) is 47.7 Å². The van der Waals surface area contributed by atoms with Crippen LogP contribution in [0.1, 0.15) is 35.1 Å². The molecule has 1 fully saturated rings. The van der Waals surface area contributed by atoms with Gasteiger partial charge in [-0.15, -0.1) is 0 Å². The molecule has 24 heavy (non-hydrogen) atoms. The molecule has 2 aromatic carbocycles. The third kappa shape index (κ3) is 2.26. The van der Waals surface area contributed by atoms with Gasteiger partial charge in [-0.25, -0.2) is 0 Å². The Bertz CT molecular complexity index is 845. The van der Waals surface area contributed by atoms with Crippen LogP contribution >= 0.6 is 11.8 Å². The fourth-order valence-corrected chi connectivity index (χ4v) is 5.31. The first-order valence-electron chi connectivity index (χ1n) is 8.72. The summed E-state index contributed by atoms with van der Waals surface area (Å²) in [5.41, 5.74) is 8.77. The van der Waals surface area contributed by atoms with Crippen molar-refractivity contribution in [2.45, 2.75) is 35.8 Å². The first-order chi connectivity index (χ1) is 11.8. The van der Waals surface area contributed by atoms with Crippen LogP contribution < -0.4 is 0 Å². The van der Waals surface area contributed by atoms with Crippen molar-refractivity contribution in [1.82, 2.24) is 4.90 Å². The van der Waals surface area contributed by atoms with Crippen molar-refractivity contribution in [3.63, 3.8) is 0 Å². The number of hydrogen-bond donors (Lipinski definition) is 0. The van der Waals surface area contributed by atoms with Crippen LogP contribution in [-0.2, 0) is 18.0 Å². The maximum atomic E-state index is 5.73. The molecular weight excluding hydrogens is 314 g/mol. The molecular formula is C21H21NOS. The quantitative estimate of drug-likeness (QED) is 0.590. The second kappa shape index (κ2) is 5.76. The Balaban J connectivity index is 1.74. The largest absolute Gasteiger partial charge is 0.372 e. The Morgan fingerprint density at radius 1 is 0.958 bits per heavy atom. The Kier molecular flexibility index (Phi) is 3.55. The van der Waals surface area contributed by atoms with E-state index in [-0.39, 0.29) is 0 Å². The van der Waals surface area contributed by atoms with E-state index in [1.54, 1.807) is 5.57 Å². The molecule has 0 aliphatic carbocycles. The van der Waals surface area contributed by atoms with Crippen molar-refractivity contribution >= 4 is 17.3 Å². The average Bonchev–Trinajstić information content (AvgIpc) is 3.10. The molecule has 2 aromatic rings. The zero-order chi connectivity index (χ0) is 16.1. The third-order valence-electron chi connectivity index (χ3n) is 5.44. The van der Waals surface area contributed by atoms with Crippen LogP contribution in [0.4, 0.5) is 0 Å². The number of rotatable bonds is 0. The van der Waals surface area contributed by atoms with Gasteiger partial charge in [0, 0.05) is 22.9 Å².